The molecule has 3 aromatic heterocycles. The minimum Gasteiger partial charge on any atom is -0.311 e. The van der Waals surface area contributed by atoms with E-state index in [1.165, 1.54) is 33.0 Å². The second kappa shape index (κ2) is 12.6. The van der Waals surface area contributed by atoms with E-state index in [0.717, 1.165) is 61.6 Å². The maximum Gasteiger partial charge on any atom is 0.221 e. The lowest BCUT2D eigenvalue weighted by Crippen LogP contribution is -2.09. The summed E-state index contributed by atoms with van der Waals surface area (Å²) in [7, 11) is 0. The number of aromatic nitrogens is 4. The fraction of sp³-hybridized carbons (Fsp3) is 0. The van der Waals surface area contributed by atoms with E-state index in [1.54, 1.807) is 0 Å². The van der Waals surface area contributed by atoms with Crippen LogP contribution in [0.15, 0.2) is 200 Å². The first-order valence-corrected chi connectivity index (χ1v) is 18.6. The van der Waals surface area contributed by atoms with E-state index in [4.69, 9.17) is 9.97 Å². The van der Waals surface area contributed by atoms with Crippen LogP contribution in [0.1, 0.15) is 0 Å². The van der Waals surface area contributed by atoms with Gasteiger partial charge >= 0.3 is 0 Å². The van der Waals surface area contributed by atoms with E-state index < -0.39 is 0 Å². The van der Waals surface area contributed by atoms with Crippen LogP contribution in [0.25, 0.3) is 77.6 Å². The van der Waals surface area contributed by atoms with Gasteiger partial charge in [-0.05, 0) is 101 Å². The second-order valence-electron chi connectivity index (χ2n) is 13.9. The quantitative estimate of drug-likeness (QED) is 0.173. The number of nitrogens with zero attached hydrogens (tertiary/aromatic N) is 5. The number of anilines is 3. The van der Waals surface area contributed by atoms with Gasteiger partial charge in [0.2, 0.25) is 5.95 Å². The average molecular weight is 704 g/mol. The van der Waals surface area contributed by atoms with Crippen molar-refractivity contribution in [3.8, 4) is 28.2 Å². The van der Waals surface area contributed by atoms with Crippen molar-refractivity contribution in [3.05, 3.63) is 200 Å². The SMILES string of the molecule is c1ccc(N(c2ccccc2)c2ccc(-c3ccc(-c4ccc5c(c4)c4ccccc4n5-c4nc5ccccc5c5nc6ccccc6n45)cc3)cc2)cc1. The largest absolute Gasteiger partial charge is 0.311 e. The molecule has 5 heteroatoms. The lowest BCUT2D eigenvalue weighted by molar-refractivity contribution is 0.979. The highest BCUT2D eigenvalue weighted by Crippen LogP contribution is 2.38. The van der Waals surface area contributed by atoms with Crippen LogP contribution in [0, 0.1) is 0 Å². The lowest BCUT2D eigenvalue weighted by Gasteiger charge is -2.25. The molecule has 0 N–H and O–H groups in total. The molecule has 5 nitrogen and oxygen atoms in total. The molecule has 3 heterocycles. The van der Waals surface area contributed by atoms with Gasteiger partial charge in [0.25, 0.3) is 0 Å². The van der Waals surface area contributed by atoms with E-state index in [9.17, 15) is 0 Å². The maximum absolute atomic E-state index is 5.32. The van der Waals surface area contributed by atoms with Crippen LogP contribution in [0.2, 0.25) is 0 Å². The second-order valence-corrected chi connectivity index (χ2v) is 13.9. The van der Waals surface area contributed by atoms with Crippen LogP contribution in [0.3, 0.4) is 0 Å². The van der Waals surface area contributed by atoms with E-state index in [2.05, 4.69) is 202 Å². The Hall–Kier alpha value is -7.50. The molecule has 0 saturated carbocycles. The Morgan fingerprint density at radius 1 is 0.345 bits per heavy atom. The third-order valence-electron chi connectivity index (χ3n) is 10.7. The maximum atomic E-state index is 5.32. The predicted molar refractivity (Wildman–Crippen MR) is 228 cm³/mol. The van der Waals surface area contributed by atoms with E-state index in [0.29, 0.717) is 0 Å². The zero-order chi connectivity index (χ0) is 36.3. The normalized spacial score (nSPS) is 11.6. The Morgan fingerprint density at radius 2 is 0.836 bits per heavy atom. The van der Waals surface area contributed by atoms with Crippen molar-refractivity contribution in [1.82, 2.24) is 18.9 Å². The van der Waals surface area contributed by atoms with Crippen LogP contribution < -0.4 is 4.90 Å². The predicted octanol–water partition coefficient (Wildman–Crippen LogP) is 12.9. The van der Waals surface area contributed by atoms with Gasteiger partial charge in [0.1, 0.15) is 5.65 Å². The van der Waals surface area contributed by atoms with E-state index in [-0.39, 0.29) is 0 Å². The third-order valence-corrected chi connectivity index (χ3v) is 10.7. The van der Waals surface area contributed by atoms with Gasteiger partial charge in [-0.25, -0.2) is 9.97 Å². The number of rotatable bonds is 6. The summed E-state index contributed by atoms with van der Waals surface area (Å²) in [5, 5.41) is 3.40. The number of para-hydroxylation sites is 6. The third kappa shape index (κ3) is 5.09. The van der Waals surface area contributed by atoms with Gasteiger partial charge in [0, 0.05) is 33.2 Å². The average Bonchev–Trinajstić information content (AvgIpc) is 3.81. The molecule has 0 unspecified atom stereocenters. The van der Waals surface area contributed by atoms with Gasteiger partial charge in [-0.2, -0.15) is 0 Å². The van der Waals surface area contributed by atoms with Crippen molar-refractivity contribution < 1.29 is 0 Å². The molecule has 0 spiro atoms. The molecule has 258 valence electrons. The molecule has 0 fully saturated rings. The summed E-state index contributed by atoms with van der Waals surface area (Å²) in [5.74, 6) is 0.826. The number of hydrogen-bond donors (Lipinski definition) is 0. The summed E-state index contributed by atoms with van der Waals surface area (Å²) < 4.78 is 4.51. The molecule has 0 aliphatic carbocycles. The van der Waals surface area contributed by atoms with Crippen molar-refractivity contribution in [2.45, 2.75) is 0 Å². The summed E-state index contributed by atoms with van der Waals surface area (Å²) in [5.41, 5.74) is 14.1. The summed E-state index contributed by atoms with van der Waals surface area (Å²) in [6.45, 7) is 0. The van der Waals surface area contributed by atoms with Crippen LogP contribution in [0.4, 0.5) is 17.1 Å². The van der Waals surface area contributed by atoms with Gasteiger partial charge in [0.15, 0.2) is 0 Å². The summed E-state index contributed by atoms with van der Waals surface area (Å²) in [6, 6.07) is 70.8. The molecule has 0 aliphatic rings. The monoisotopic (exact) mass is 703 g/mol. The molecule has 0 amide bonds. The Bertz CT molecular complexity index is 3140. The zero-order valence-corrected chi connectivity index (χ0v) is 29.8. The minimum absolute atomic E-state index is 0.826. The zero-order valence-electron chi connectivity index (χ0n) is 29.8. The molecule has 0 aliphatic heterocycles. The highest BCUT2D eigenvalue weighted by atomic mass is 15.2. The Labute approximate surface area is 317 Å². The van der Waals surface area contributed by atoms with Crippen molar-refractivity contribution in [2.24, 2.45) is 0 Å². The summed E-state index contributed by atoms with van der Waals surface area (Å²) in [6.07, 6.45) is 0. The highest BCUT2D eigenvalue weighted by molar-refractivity contribution is 6.10. The van der Waals surface area contributed by atoms with Gasteiger partial charge in [-0.15, -0.1) is 0 Å². The smallest absolute Gasteiger partial charge is 0.221 e. The molecule has 0 atom stereocenters. The van der Waals surface area contributed by atoms with Crippen LogP contribution >= 0.6 is 0 Å². The van der Waals surface area contributed by atoms with Gasteiger partial charge in [0.05, 0.1) is 27.6 Å². The first kappa shape index (κ1) is 31.1. The molecular formula is C50H33N5. The van der Waals surface area contributed by atoms with E-state index in [1.807, 2.05) is 12.1 Å². The minimum atomic E-state index is 0.826. The van der Waals surface area contributed by atoms with Crippen molar-refractivity contribution in [1.29, 1.82) is 0 Å². The number of benzene rings is 8. The van der Waals surface area contributed by atoms with E-state index >= 15 is 0 Å². The number of fused-ring (bicyclic) bond motifs is 8. The van der Waals surface area contributed by atoms with Crippen molar-refractivity contribution in [3.63, 3.8) is 0 Å². The van der Waals surface area contributed by atoms with Gasteiger partial charge in [-0.3, -0.25) is 8.97 Å². The summed E-state index contributed by atoms with van der Waals surface area (Å²) >= 11 is 0. The molecular weight excluding hydrogens is 671 g/mol. The molecule has 0 saturated heterocycles. The van der Waals surface area contributed by atoms with Gasteiger partial charge < -0.3 is 4.90 Å². The molecule has 11 aromatic rings. The standard InChI is InChI=1S/C50H33N5/c1-3-13-38(14-4-1)53(39-15-5-2-6-16-39)40-30-27-35(28-31-40)34-23-25-36(26-24-34)37-29-32-47-43(33-37)41-17-8-11-21-46(41)54(47)50-52-44-19-9-7-18-42(44)49-51-45-20-10-12-22-48(45)55(49)50/h1-33H. The Balaban J connectivity index is 0.983. The van der Waals surface area contributed by atoms with Gasteiger partial charge in [-0.1, -0.05) is 121 Å². The Kier molecular flexibility index (Phi) is 7.10. The molecule has 11 rings (SSSR count). The fourth-order valence-electron chi connectivity index (χ4n) is 8.10. The van der Waals surface area contributed by atoms with Crippen LogP contribution in [-0.2, 0) is 0 Å². The topological polar surface area (TPSA) is 38.4 Å². The molecule has 8 aromatic carbocycles. The highest BCUT2D eigenvalue weighted by Gasteiger charge is 2.20. The number of imidazole rings is 1. The molecule has 0 radical (unpaired) electrons. The van der Waals surface area contributed by atoms with Crippen molar-refractivity contribution in [2.75, 3.05) is 4.90 Å². The fourth-order valence-corrected chi connectivity index (χ4v) is 8.10. The number of hydrogen-bond acceptors (Lipinski definition) is 3. The van der Waals surface area contributed by atoms with Crippen LogP contribution in [0.5, 0.6) is 0 Å². The summed E-state index contributed by atoms with van der Waals surface area (Å²) in [4.78, 5) is 12.7. The first-order valence-electron chi connectivity index (χ1n) is 18.6. The Morgan fingerprint density at radius 3 is 1.53 bits per heavy atom. The molecule has 55 heavy (non-hydrogen) atoms. The van der Waals surface area contributed by atoms with Crippen LogP contribution in [-0.4, -0.2) is 18.9 Å². The first-order chi connectivity index (χ1) is 27.3. The molecule has 0 bridgehead atoms. The lowest BCUT2D eigenvalue weighted by atomic mass is 9.99. The van der Waals surface area contributed by atoms with Crippen molar-refractivity contribution >= 4 is 66.5 Å².